The van der Waals surface area contributed by atoms with E-state index in [4.69, 9.17) is 9.88 Å². The normalized spacial score (nSPS) is 12.3. The summed E-state index contributed by atoms with van der Waals surface area (Å²) < 4.78 is 28.4. The van der Waals surface area contributed by atoms with Gasteiger partial charge in [-0.15, -0.1) is 12.4 Å². The van der Waals surface area contributed by atoms with Crippen LogP contribution in [0.25, 0.3) is 0 Å². The number of hydrogen-bond acceptors (Lipinski definition) is 4. The minimum atomic E-state index is -3.80. The van der Waals surface area contributed by atoms with Crippen LogP contribution in [-0.2, 0) is 22.9 Å². The van der Waals surface area contributed by atoms with Crippen molar-refractivity contribution < 1.29 is 13.2 Å². The van der Waals surface area contributed by atoms with Crippen LogP contribution < -0.4 is 15.2 Å². The van der Waals surface area contributed by atoms with E-state index in [1.165, 1.54) is 12.7 Å². The van der Waals surface area contributed by atoms with Gasteiger partial charge in [0.1, 0.15) is 10.6 Å². The largest absolute Gasteiger partial charge is 0.495 e. The molecule has 2 aromatic rings. The number of ether oxygens (including phenoxy) is 1. The van der Waals surface area contributed by atoms with E-state index >= 15 is 0 Å². The van der Waals surface area contributed by atoms with Gasteiger partial charge < -0.3 is 10.1 Å². The second kappa shape index (κ2) is 9.77. The number of hydrogen-bond donors (Lipinski definition) is 2. The maximum Gasteiger partial charge on any atom is 0.241 e. The van der Waals surface area contributed by atoms with E-state index < -0.39 is 10.0 Å². The van der Waals surface area contributed by atoms with E-state index in [0.29, 0.717) is 6.42 Å². The van der Waals surface area contributed by atoms with Crippen LogP contribution in [0.1, 0.15) is 18.1 Å². The first-order chi connectivity index (χ1) is 11.4. The molecule has 0 heterocycles. The highest BCUT2D eigenvalue weighted by Gasteiger charge is 2.16. The fourth-order valence-corrected chi connectivity index (χ4v) is 3.35. The molecule has 0 aliphatic rings. The number of methoxy groups -OCH3 is 1. The van der Waals surface area contributed by atoms with Gasteiger partial charge in [-0.3, -0.25) is 0 Å². The lowest BCUT2D eigenvalue weighted by molar-refractivity contribution is 0.402. The molecule has 0 amide bonds. The summed E-state index contributed by atoms with van der Waals surface area (Å²) in [6, 6.07) is 15.6. The Labute approximate surface area is 156 Å². The maximum atomic E-state index is 11.7. The van der Waals surface area contributed by atoms with E-state index in [2.05, 4.69) is 24.4 Å². The lowest BCUT2D eigenvalue weighted by Crippen LogP contribution is -2.30. The number of primary sulfonamides is 1. The molecule has 1 unspecified atom stereocenters. The molecule has 2 aromatic carbocycles. The van der Waals surface area contributed by atoms with Gasteiger partial charge in [0.25, 0.3) is 0 Å². The van der Waals surface area contributed by atoms with E-state index in [1.807, 2.05) is 24.3 Å². The van der Waals surface area contributed by atoms with Crippen LogP contribution in [0.3, 0.4) is 0 Å². The van der Waals surface area contributed by atoms with Gasteiger partial charge in [-0.05, 0) is 49.6 Å². The van der Waals surface area contributed by atoms with Crippen LogP contribution in [-0.4, -0.2) is 28.1 Å². The van der Waals surface area contributed by atoms with Gasteiger partial charge in [0.15, 0.2) is 0 Å². The van der Waals surface area contributed by atoms with Gasteiger partial charge in [-0.25, -0.2) is 13.6 Å². The molecule has 0 saturated carbocycles. The van der Waals surface area contributed by atoms with Crippen molar-refractivity contribution in [2.45, 2.75) is 30.7 Å². The third-order valence-electron chi connectivity index (χ3n) is 3.83. The van der Waals surface area contributed by atoms with Gasteiger partial charge in [-0.2, -0.15) is 0 Å². The second-order valence-corrected chi connectivity index (χ2v) is 7.35. The molecule has 0 aromatic heterocycles. The topological polar surface area (TPSA) is 81.4 Å². The molecule has 1 atom stereocenters. The fraction of sp³-hybridized carbons (Fsp3) is 0.333. The minimum absolute atomic E-state index is 0. The van der Waals surface area contributed by atoms with E-state index in [9.17, 15) is 8.42 Å². The average Bonchev–Trinajstić information content (AvgIpc) is 2.55. The minimum Gasteiger partial charge on any atom is -0.495 e. The molecular weight excluding hydrogens is 360 g/mol. The highest BCUT2D eigenvalue weighted by Crippen LogP contribution is 2.24. The SMILES string of the molecule is COc1ccc(CC(C)NCCc2ccccc2)cc1S(N)(=O)=O.Cl. The van der Waals surface area contributed by atoms with Gasteiger partial charge >= 0.3 is 0 Å². The number of nitrogens with one attached hydrogen (secondary N) is 1. The van der Waals surface area contributed by atoms with Gasteiger partial charge in [-0.1, -0.05) is 36.4 Å². The van der Waals surface area contributed by atoms with E-state index in [-0.39, 0.29) is 29.1 Å². The van der Waals surface area contributed by atoms with E-state index in [1.54, 1.807) is 12.1 Å². The summed E-state index contributed by atoms with van der Waals surface area (Å²) in [5.41, 5.74) is 2.19. The van der Waals surface area contributed by atoms with E-state index in [0.717, 1.165) is 18.5 Å². The van der Waals surface area contributed by atoms with Crippen molar-refractivity contribution in [3.05, 3.63) is 59.7 Å². The third kappa shape index (κ3) is 6.66. The average molecular weight is 385 g/mol. The molecule has 0 aliphatic heterocycles. The number of halogens is 1. The molecule has 138 valence electrons. The summed E-state index contributed by atoms with van der Waals surface area (Å²) in [4.78, 5) is 0.0268. The van der Waals surface area contributed by atoms with Crippen LogP contribution >= 0.6 is 12.4 Å². The number of sulfonamides is 1. The lowest BCUT2D eigenvalue weighted by Gasteiger charge is -2.15. The molecular formula is C18H25ClN2O3S. The monoisotopic (exact) mass is 384 g/mol. The number of nitrogens with two attached hydrogens (primary N) is 1. The predicted octanol–water partition coefficient (Wildman–Crippen LogP) is 2.53. The zero-order valence-corrected chi connectivity index (χ0v) is 16.1. The number of benzene rings is 2. The molecule has 3 N–H and O–H groups in total. The Balaban J connectivity index is 0.00000312. The molecule has 7 heteroatoms. The maximum absolute atomic E-state index is 11.7. The van der Waals surface area contributed by atoms with Crippen molar-refractivity contribution in [3.63, 3.8) is 0 Å². The van der Waals surface area contributed by atoms with Crippen LogP contribution in [0.4, 0.5) is 0 Å². The van der Waals surface area contributed by atoms with Crippen molar-refractivity contribution in [2.24, 2.45) is 5.14 Å². The number of rotatable bonds is 8. The Bertz CT molecular complexity index is 767. The fourth-order valence-electron chi connectivity index (χ4n) is 2.60. The Morgan fingerprint density at radius 2 is 1.80 bits per heavy atom. The first kappa shape index (κ1) is 21.4. The molecule has 0 saturated heterocycles. The van der Waals surface area contributed by atoms with Crippen molar-refractivity contribution in [2.75, 3.05) is 13.7 Å². The van der Waals surface area contributed by atoms with Crippen molar-refractivity contribution >= 4 is 22.4 Å². The quantitative estimate of drug-likeness (QED) is 0.732. The first-order valence-electron chi connectivity index (χ1n) is 7.87. The Morgan fingerprint density at radius 3 is 2.40 bits per heavy atom. The Hall–Kier alpha value is -1.60. The highest BCUT2D eigenvalue weighted by molar-refractivity contribution is 7.89. The molecule has 0 spiro atoms. The van der Waals surface area contributed by atoms with Crippen molar-refractivity contribution in [1.29, 1.82) is 0 Å². The van der Waals surface area contributed by atoms with Gasteiger partial charge in [0, 0.05) is 6.04 Å². The van der Waals surface area contributed by atoms with Crippen molar-refractivity contribution in [3.8, 4) is 5.75 Å². The van der Waals surface area contributed by atoms with Crippen molar-refractivity contribution in [1.82, 2.24) is 5.32 Å². The molecule has 5 nitrogen and oxygen atoms in total. The van der Waals surface area contributed by atoms with Crippen LogP contribution in [0.5, 0.6) is 5.75 Å². The Morgan fingerprint density at radius 1 is 1.12 bits per heavy atom. The summed E-state index contributed by atoms with van der Waals surface area (Å²) >= 11 is 0. The smallest absolute Gasteiger partial charge is 0.241 e. The molecule has 25 heavy (non-hydrogen) atoms. The van der Waals surface area contributed by atoms with Crippen LogP contribution in [0, 0.1) is 0 Å². The zero-order chi connectivity index (χ0) is 17.6. The summed E-state index contributed by atoms with van der Waals surface area (Å²) in [6.07, 6.45) is 1.66. The Kier molecular flexibility index (Phi) is 8.38. The standard InChI is InChI=1S/C18H24N2O3S.ClH/c1-14(20-11-10-15-6-4-3-5-7-15)12-16-8-9-17(23-2)18(13-16)24(19,21)22;/h3-9,13-14,20H,10-12H2,1-2H3,(H2,19,21,22);1H. The first-order valence-corrected chi connectivity index (χ1v) is 9.42. The summed E-state index contributed by atoms with van der Waals surface area (Å²) in [5.74, 6) is 0.269. The summed E-state index contributed by atoms with van der Waals surface area (Å²) in [6.45, 7) is 2.94. The van der Waals surface area contributed by atoms with Crippen LogP contribution in [0.2, 0.25) is 0 Å². The molecule has 0 aliphatic carbocycles. The molecule has 0 fully saturated rings. The van der Waals surface area contributed by atoms with Gasteiger partial charge in [0.2, 0.25) is 10.0 Å². The predicted molar refractivity (Wildman–Crippen MR) is 103 cm³/mol. The second-order valence-electron chi connectivity index (χ2n) is 5.83. The molecule has 0 bridgehead atoms. The van der Waals surface area contributed by atoms with Gasteiger partial charge in [0.05, 0.1) is 7.11 Å². The molecule has 2 rings (SSSR count). The highest BCUT2D eigenvalue weighted by atomic mass is 35.5. The van der Waals surface area contributed by atoms with Crippen LogP contribution in [0.15, 0.2) is 53.4 Å². The summed E-state index contributed by atoms with van der Waals surface area (Å²) in [5, 5.41) is 8.71. The third-order valence-corrected chi connectivity index (χ3v) is 4.76. The lowest BCUT2D eigenvalue weighted by atomic mass is 10.1. The summed E-state index contributed by atoms with van der Waals surface area (Å²) in [7, 11) is -2.37. The zero-order valence-electron chi connectivity index (χ0n) is 14.4. The molecule has 0 radical (unpaired) electrons.